The van der Waals surface area contributed by atoms with Crippen LogP contribution in [-0.2, 0) is 0 Å². The molecule has 5 nitrogen and oxygen atoms in total. The third kappa shape index (κ3) is 2.96. The zero-order chi connectivity index (χ0) is 14.8. The van der Waals surface area contributed by atoms with E-state index < -0.39 is 24.5 Å². The third-order valence-corrected chi connectivity index (χ3v) is 3.14. The number of hydrogen-bond donors (Lipinski definition) is 3. The van der Waals surface area contributed by atoms with Crippen LogP contribution in [-0.4, -0.2) is 30.4 Å². The van der Waals surface area contributed by atoms with Crippen LogP contribution in [0.1, 0.15) is 11.6 Å². The van der Waals surface area contributed by atoms with Crippen molar-refractivity contribution in [3.05, 3.63) is 29.8 Å². The van der Waals surface area contributed by atoms with Crippen LogP contribution < -0.4 is 15.8 Å². The van der Waals surface area contributed by atoms with Crippen molar-refractivity contribution >= 4 is 5.84 Å². The number of hydrogen-bond acceptors (Lipinski definition) is 4. The average Bonchev–Trinajstić information content (AvgIpc) is 2.80. The third-order valence-electron chi connectivity index (χ3n) is 3.14. The highest BCUT2D eigenvalue weighted by molar-refractivity contribution is 5.83. The number of nitrogens with two attached hydrogens (primary N) is 1. The number of halogens is 3. The van der Waals surface area contributed by atoms with Crippen LogP contribution in [0.3, 0.4) is 0 Å². The van der Waals surface area contributed by atoms with Crippen molar-refractivity contribution in [3.8, 4) is 5.75 Å². The molecule has 1 aliphatic rings. The zero-order valence-corrected chi connectivity index (χ0v) is 10.4. The summed E-state index contributed by atoms with van der Waals surface area (Å²) >= 11 is 0. The van der Waals surface area contributed by atoms with Gasteiger partial charge in [-0.05, 0) is 6.07 Å². The van der Waals surface area contributed by atoms with Crippen LogP contribution in [0.2, 0.25) is 0 Å². The Morgan fingerprint density at radius 3 is 2.85 bits per heavy atom. The highest BCUT2D eigenvalue weighted by Gasteiger charge is 2.43. The molecule has 1 aliphatic heterocycles. The second-order valence-electron chi connectivity index (χ2n) is 4.43. The zero-order valence-electron chi connectivity index (χ0n) is 10.4. The van der Waals surface area contributed by atoms with Crippen LogP contribution in [0.4, 0.5) is 13.2 Å². The Morgan fingerprint density at radius 2 is 2.20 bits per heavy atom. The van der Waals surface area contributed by atoms with Gasteiger partial charge in [0.25, 0.3) is 0 Å². The molecule has 2 atom stereocenters. The Hall–Kier alpha value is -1.96. The fourth-order valence-electron chi connectivity index (χ4n) is 2.05. The van der Waals surface area contributed by atoms with Gasteiger partial charge in [-0.3, -0.25) is 0 Å². The second-order valence-corrected chi connectivity index (χ2v) is 4.43. The van der Waals surface area contributed by atoms with Crippen molar-refractivity contribution in [1.82, 2.24) is 5.32 Å². The standard InChI is InChI=1S/C12H14F3N3O2/c13-12(14,15)8(11(16)18-19)5-17-9-6-20-10-4-2-1-3-7(9)10/h1-4,8-9,17,19H,5-6H2,(H2,16,18). The smallest absolute Gasteiger partial charge is 0.400 e. The van der Waals surface area contributed by atoms with Crippen LogP contribution in [0, 0.1) is 5.92 Å². The van der Waals surface area contributed by atoms with Gasteiger partial charge in [0, 0.05) is 12.1 Å². The lowest BCUT2D eigenvalue weighted by Gasteiger charge is -2.21. The normalized spacial score (nSPS) is 20.4. The summed E-state index contributed by atoms with van der Waals surface area (Å²) in [6, 6.07) is 6.76. The molecule has 0 amide bonds. The lowest BCUT2D eigenvalue weighted by atomic mass is 10.1. The van der Waals surface area contributed by atoms with Crippen molar-refractivity contribution in [2.24, 2.45) is 16.8 Å². The summed E-state index contributed by atoms with van der Waals surface area (Å²) in [7, 11) is 0. The molecule has 20 heavy (non-hydrogen) atoms. The van der Waals surface area contributed by atoms with Gasteiger partial charge in [0.05, 0.1) is 6.04 Å². The minimum Gasteiger partial charge on any atom is -0.491 e. The molecule has 1 aromatic carbocycles. The summed E-state index contributed by atoms with van der Waals surface area (Å²) in [5.74, 6) is -2.25. The van der Waals surface area contributed by atoms with Crippen molar-refractivity contribution in [2.45, 2.75) is 12.2 Å². The molecule has 0 aliphatic carbocycles. The second kappa shape index (κ2) is 5.58. The molecule has 8 heteroatoms. The van der Waals surface area contributed by atoms with E-state index in [-0.39, 0.29) is 12.6 Å². The molecule has 110 valence electrons. The maximum Gasteiger partial charge on any atom is 0.400 e. The number of amidine groups is 1. The Morgan fingerprint density at radius 1 is 1.50 bits per heavy atom. The van der Waals surface area contributed by atoms with E-state index in [9.17, 15) is 13.2 Å². The van der Waals surface area contributed by atoms with Crippen LogP contribution >= 0.6 is 0 Å². The number of para-hydroxylation sites is 1. The van der Waals surface area contributed by atoms with E-state index in [1.54, 1.807) is 24.3 Å². The van der Waals surface area contributed by atoms with E-state index in [4.69, 9.17) is 15.7 Å². The van der Waals surface area contributed by atoms with Gasteiger partial charge in [-0.2, -0.15) is 13.2 Å². The van der Waals surface area contributed by atoms with Gasteiger partial charge in [0.2, 0.25) is 0 Å². The maximum atomic E-state index is 12.8. The molecule has 2 rings (SSSR count). The Labute approximate surface area is 113 Å². The largest absolute Gasteiger partial charge is 0.491 e. The van der Waals surface area contributed by atoms with E-state index in [0.29, 0.717) is 5.75 Å². The fourth-order valence-corrected chi connectivity index (χ4v) is 2.05. The first-order valence-corrected chi connectivity index (χ1v) is 5.92. The van der Waals surface area contributed by atoms with Crippen LogP contribution in [0.25, 0.3) is 0 Å². The predicted molar refractivity (Wildman–Crippen MR) is 65.6 cm³/mol. The SMILES string of the molecule is N/C(=N/O)C(CNC1COc2ccccc21)C(F)(F)F. The number of benzene rings is 1. The van der Waals surface area contributed by atoms with Gasteiger partial charge in [-0.1, -0.05) is 23.4 Å². The van der Waals surface area contributed by atoms with Gasteiger partial charge >= 0.3 is 6.18 Å². The van der Waals surface area contributed by atoms with Gasteiger partial charge in [-0.25, -0.2) is 0 Å². The molecular weight excluding hydrogens is 275 g/mol. The van der Waals surface area contributed by atoms with Gasteiger partial charge in [-0.15, -0.1) is 0 Å². The van der Waals surface area contributed by atoms with E-state index in [1.807, 2.05) is 0 Å². The summed E-state index contributed by atoms with van der Waals surface area (Å²) < 4.78 is 43.7. The molecule has 0 saturated heterocycles. The van der Waals surface area contributed by atoms with Gasteiger partial charge < -0.3 is 21.0 Å². The minimum atomic E-state index is -4.58. The molecule has 0 radical (unpaired) electrons. The van der Waals surface area contributed by atoms with Crippen LogP contribution in [0.15, 0.2) is 29.4 Å². The first-order chi connectivity index (χ1) is 9.43. The summed E-state index contributed by atoms with van der Waals surface area (Å²) in [5.41, 5.74) is 5.89. The van der Waals surface area contributed by atoms with E-state index in [2.05, 4.69) is 10.5 Å². The highest BCUT2D eigenvalue weighted by Crippen LogP contribution is 2.32. The number of nitrogens with zero attached hydrogens (tertiary/aromatic N) is 1. The molecule has 1 heterocycles. The molecule has 0 fully saturated rings. The molecule has 0 spiro atoms. The van der Waals surface area contributed by atoms with Crippen molar-refractivity contribution in [1.29, 1.82) is 0 Å². The Bertz CT molecular complexity index is 505. The van der Waals surface area contributed by atoms with Gasteiger partial charge in [0.15, 0.2) is 5.84 Å². The first-order valence-electron chi connectivity index (χ1n) is 5.92. The summed E-state index contributed by atoms with van der Waals surface area (Å²) in [6.45, 7) is -0.234. The first kappa shape index (κ1) is 14.4. The molecule has 1 aromatic rings. The number of rotatable bonds is 4. The monoisotopic (exact) mass is 289 g/mol. The fraction of sp³-hybridized carbons (Fsp3) is 0.417. The Balaban J connectivity index is 2.05. The lowest BCUT2D eigenvalue weighted by molar-refractivity contribution is -0.155. The van der Waals surface area contributed by atoms with Crippen LogP contribution in [0.5, 0.6) is 5.75 Å². The number of oxime groups is 1. The molecule has 2 unspecified atom stereocenters. The minimum absolute atomic E-state index is 0.250. The number of nitrogens with one attached hydrogen (secondary N) is 1. The molecule has 0 aromatic heterocycles. The summed E-state index contributed by atoms with van der Waals surface area (Å²) in [4.78, 5) is 0. The predicted octanol–water partition coefficient (Wildman–Crippen LogP) is 1.63. The maximum absolute atomic E-state index is 12.8. The van der Waals surface area contributed by atoms with Crippen molar-refractivity contribution in [3.63, 3.8) is 0 Å². The van der Waals surface area contributed by atoms with Crippen molar-refractivity contribution < 1.29 is 23.1 Å². The molecule has 4 N–H and O–H groups in total. The average molecular weight is 289 g/mol. The van der Waals surface area contributed by atoms with E-state index >= 15 is 0 Å². The summed E-state index contributed by atoms with van der Waals surface area (Å²) in [5, 5.41) is 13.6. The highest BCUT2D eigenvalue weighted by atomic mass is 19.4. The molecule has 0 saturated carbocycles. The summed E-state index contributed by atoms with van der Waals surface area (Å²) in [6.07, 6.45) is -4.58. The van der Waals surface area contributed by atoms with Gasteiger partial charge in [0.1, 0.15) is 18.3 Å². The number of alkyl halides is 3. The van der Waals surface area contributed by atoms with Crippen molar-refractivity contribution in [2.75, 3.05) is 13.2 Å². The molecular formula is C12H14F3N3O2. The van der Waals surface area contributed by atoms with E-state index in [0.717, 1.165) is 5.56 Å². The topological polar surface area (TPSA) is 79.9 Å². The number of ether oxygens (including phenoxy) is 1. The quantitative estimate of drug-likeness (QED) is 0.341. The Kier molecular flexibility index (Phi) is 4.03. The van der Waals surface area contributed by atoms with E-state index in [1.165, 1.54) is 0 Å². The lowest BCUT2D eigenvalue weighted by Crippen LogP contribution is -2.43. The molecule has 0 bridgehead atoms. The number of fused-ring (bicyclic) bond motifs is 1.